The number of piperidine rings is 2. The van der Waals surface area contributed by atoms with Crippen molar-refractivity contribution in [3.8, 4) is 0 Å². The molecule has 0 saturated carbocycles. The maximum atomic E-state index is 13.0. The molecule has 0 aromatic heterocycles. The van der Waals surface area contributed by atoms with E-state index in [1.807, 2.05) is 6.92 Å². The van der Waals surface area contributed by atoms with E-state index in [0.717, 1.165) is 5.56 Å². The third-order valence-electron chi connectivity index (χ3n) is 6.40. The van der Waals surface area contributed by atoms with Crippen LogP contribution in [-0.2, 0) is 21.4 Å². The number of fused-ring (bicyclic) bond motifs is 1. The Bertz CT molecular complexity index is 994. The van der Waals surface area contributed by atoms with Crippen LogP contribution in [0.3, 0.4) is 0 Å². The zero-order valence-corrected chi connectivity index (χ0v) is 19.0. The Morgan fingerprint density at radius 2 is 1.87 bits per heavy atom. The fraction of sp³-hybridized carbons (Fsp3) is 0.600. The minimum Gasteiger partial charge on any atom is -0.349 e. The fourth-order valence-corrected chi connectivity index (χ4v) is 6.48. The second-order valence-corrected chi connectivity index (χ2v) is 11.0. The number of hydrogen-bond donors (Lipinski definition) is 3. The number of nitrogens with zero attached hydrogens (tertiary/aromatic N) is 2. The Labute approximate surface area is 187 Å². The summed E-state index contributed by atoms with van der Waals surface area (Å²) in [5.74, 6) is -0.497. The van der Waals surface area contributed by atoms with Crippen molar-refractivity contribution in [3.63, 3.8) is 0 Å². The molecule has 2 saturated heterocycles. The van der Waals surface area contributed by atoms with E-state index in [9.17, 15) is 18.0 Å². The zero-order valence-electron chi connectivity index (χ0n) is 17.4. The summed E-state index contributed by atoms with van der Waals surface area (Å²) in [4.78, 5) is 24.4. The second kappa shape index (κ2) is 8.67. The van der Waals surface area contributed by atoms with Crippen molar-refractivity contribution >= 4 is 39.3 Å². The lowest BCUT2D eigenvalue weighted by Crippen LogP contribution is -2.56. The molecular weight excluding hydrogens is 442 g/mol. The van der Waals surface area contributed by atoms with Crippen LogP contribution in [0.1, 0.15) is 42.1 Å². The number of carbonyl (C=O) groups excluding carboxylic acids is 2. The molecule has 3 heterocycles. The third-order valence-corrected chi connectivity index (χ3v) is 8.71. The van der Waals surface area contributed by atoms with Crippen molar-refractivity contribution in [3.05, 3.63) is 28.3 Å². The second-order valence-electron chi connectivity index (χ2n) is 8.66. The molecule has 2 fully saturated rings. The van der Waals surface area contributed by atoms with Gasteiger partial charge in [-0.15, -0.1) is 0 Å². The van der Waals surface area contributed by atoms with Gasteiger partial charge in [0.1, 0.15) is 0 Å². The van der Waals surface area contributed by atoms with Crippen LogP contribution in [0.4, 0.5) is 5.69 Å². The van der Waals surface area contributed by atoms with Gasteiger partial charge in [-0.25, -0.2) is 0 Å². The summed E-state index contributed by atoms with van der Waals surface area (Å²) < 4.78 is 29.0. The van der Waals surface area contributed by atoms with Crippen LogP contribution in [0.15, 0.2) is 12.1 Å². The van der Waals surface area contributed by atoms with Crippen LogP contribution in [0, 0.1) is 5.92 Å². The summed E-state index contributed by atoms with van der Waals surface area (Å²) in [7, 11) is -3.53. The van der Waals surface area contributed by atoms with E-state index in [1.165, 1.54) is 8.61 Å². The Hall–Kier alpha value is -1.72. The van der Waals surface area contributed by atoms with Crippen molar-refractivity contribution in [2.75, 3.05) is 31.5 Å². The number of nitrogens with two attached hydrogens (primary N) is 1. The number of hydrogen-bond acceptors (Lipinski definition) is 5. The number of carbonyl (C=O) groups is 2. The Morgan fingerprint density at radius 1 is 1.19 bits per heavy atom. The van der Waals surface area contributed by atoms with Crippen molar-refractivity contribution in [1.29, 1.82) is 0 Å². The molecule has 0 bridgehead atoms. The van der Waals surface area contributed by atoms with Gasteiger partial charge in [0.2, 0.25) is 5.91 Å². The highest BCUT2D eigenvalue weighted by Crippen LogP contribution is 2.30. The van der Waals surface area contributed by atoms with E-state index in [4.69, 9.17) is 17.3 Å². The average Bonchev–Trinajstić information content (AvgIpc) is 3.07. The van der Waals surface area contributed by atoms with Crippen molar-refractivity contribution in [2.45, 2.75) is 44.7 Å². The van der Waals surface area contributed by atoms with Crippen molar-refractivity contribution in [2.24, 2.45) is 11.7 Å². The van der Waals surface area contributed by atoms with Gasteiger partial charge in [-0.05, 0) is 42.9 Å². The van der Waals surface area contributed by atoms with Gasteiger partial charge in [0.25, 0.3) is 16.1 Å². The quantitative estimate of drug-likeness (QED) is 0.605. The Balaban J connectivity index is 1.39. The van der Waals surface area contributed by atoms with Crippen LogP contribution in [0.25, 0.3) is 0 Å². The lowest BCUT2D eigenvalue weighted by molar-refractivity contribution is -0.115. The lowest BCUT2D eigenvalue weighted by atomic mass is 9.95. The predicted octanol–water partition coefficient (Wildman–Crippen LogP) is 0.943. The molecule has 170 valence electrons. The number of halogens is 1. The van der Waals surface area contributed by atoms with E-state index in [2.05, 4.69) is 10.6 Å². The standard InChI is InChI=1S/C20H28ClN5O4S/c1-12-11-26(31(29,30)25-5-2-14(22)3-6-25)7-4-17(12)24-20(28)15-8-13-9-19(27)23-18(13)10-16(15)21/h8,10,12,14,17H,2-7,9,11,22H2,1H3,(H,23,27)(H,24,28)/t12-,17+/m1/s1. The maximum absolute atomic E-state index is 13.0. The van der Waals surface area contributed by atoms with Crippen LogP contribution < -0.4 is 16.4 Å². The van der Waals surface area contributed by atoms with E-state index in [-0.39, 0.29) is 41.3 Å². The van der Waals surface area contributed by atoms with Gasteiger partial charge < -0.3 is 16.4 Å². The molecule has 3 aliphatic rings. The van der Waals surface area contributed by atoms with Crippen molar-refractivity contribution in [1.82, 2.24) is 13.9 Å². The largest absolute Gasteiger partial charge is 0.349 e. The van der Waals surface area contributed by atoms with E-state index < -0.39 is 10.2 Å². The van der Waals surface area contributed by atoms with Crippen LogP contribution >= 0.6 is 11.6 Å². The number of rotatable bonds is 4. The normalized spacial score (nSPS) is 25.8. The molecule has 0 unspecified atom stereocenters. The molecule has 0 aliphatic carbocycles. The molecule has 9 nitrogen and oxygen atoms in total. The minimum absolute atomic E-state index is 0.0593. The number of benzene rings is 1. The Kier molecular flexibility index (Phi) is 6.28. The average molecular weight is 470 g/mol. The third kappa shape index (κ3) is 4.58. The molecule has 3 aliphatic heterocycles. The smallest absolute Gasteiger partial charge is 0.281 e. The highest BCUT2D eigenvalue weighted by molar-refractivity contribution is 7.86. The number of anilines is 1. The van der Waals surface area contributed by atoms with Crippen LogP contribution in [-0.4, -0.2) is 67.1 Å². The van der Waals surface area contributed by atoms with E-state index in [1.54, 1.807) is 12.1 Å². The summed E-state index contributed by atoms with van der Waals surface area (Å²) in [5, 5.41) is 5.99. The fourth-order valence-electron chi connectivity index (χ4n) is 4.47. The Morgan fingerprint density at radius 3 is 2.55 bits per heavy atom. The first-order valence-electron chi connectivity index (χ1n) is 10.6. The van der Waals surface area contributed by atoms with Gasteiger partial charge in [0.15, 0.2) is 0 Å². The molecule has 1 aromatic carbocycles. The highest BCUT2D eigenvalue weighted by Gasteiger charge is 2.38. The summed E-state index contributed by atoms with van der Waals surface area (Å²) in [6, 6.07) is 3.14. The summed E-state index contributed by atoms with van der Waals surface area (Å²) in [6.45, 7) is 3.51. The topological polar surface area (TPSA) is 125 Å². The van der Waals surface area contributed by atoms with Crippen LogP contribution in [0.5, 0.6) is 0 Å². The van der Waals surface area contributed by atoms with E-state index in [0.29, 0.717) is 56.7 Å². The van der Waals surface area contributed by atoms with Gasteiger partial charge in [0, 0.05) is 44.0 Å². The SMILES string of the molecule is C[C@@H]1CN(S(=O)(=O)N2CCC(N)CC2)CC[C@@H]1NC(=O)c1cc2c(cc1Cl)NC(=O)C2. The monoisotopic (exact) mass is 469 g/mol. The van der Waals surface area contributed by atoms with Crippen LogP contribution in [0.2, 0.25) is 5.02 Å². The molecule has 2 atom stereocenters. The first-order valence-corrected chi connectivity index (χ1v) is 12.4. The predicted molar refractivity (Wildman–Crippen MR) is 118 cm³/mol. The molecule has 0 radical (unpaired) electrons. The number of nitrogens with one attached hydrogen (secondary N) is 2. The molecule has 4 N–H and O–H groups in total. The van der Waals surface area contributed by atoms with Gasteiger partial charge in [0.05, 0.1) is 17.0 Å². The summed E-state index contributed by atoms with van der Waals surface area (Å²) >= 11 is 6.27. The zero-order chi connectivity index (χ0) is 22.3. The molecule has 31 heavy (non-hydrogen) atoms. The summed E-state index contributed by atoms with van der Waals surface area (Å²) in [5.41, 5.74) is 7.60. The minimum atomic E-state index is -3.53. The van der Waals surface area contributed by atoms with E-state index >= 15 is 0 Å². The number of amides is 2. The van der Waals surface area contributed by atoms with Gasteiger partial charge in [-0.3, -0.25) is 9.59 Å². The molecule has 0 spiro atoms. The molecule has 4 rings (SSSR count). The first kappa shape index (κ1) is 22.5. The maximum Gasteiger partial charge on any atom is 0.281 e. The van der Waals surface area contributed by atoms with Crippen molar-refractivity contribution < 1.29 is 18.0 Å². The highest BCUT2D eigenvalue weighted by atomic mass is 35.5. The lowest BCUT2D eigenvalue weighted by Gasteiger charge is -2.40. The van der Waals surface area contributed by atoms with Gasteiger partial charge in [-0.1, -0.05) is 18.5 Å². The first-order chi connectivity index (χ1) is 14.6. The van der Waals surface area contributed by atoms with Gasteiger partial charge >= 0.3 is 0 Å². The molecule has 1 aromatic rings. The molecule has 2 amide bonds. The molecule has 11 heteroatoms. The molecular formula is C20H28ClN5O4S. The summed E-state index contributed by atoms with van der Waals surface area (Å²) in [6.07, 6.45) is 2.08. The van der Waals surface area contributed by atoms with Gasteiger partial charge in [-0.2, -0.15) is 17.0 Å².